The van der Waals surface area contributed by atoms with E-state index in [1.807, 2.05) is 4.90 Å². The quantitative estimate of drug-likeness (QED) is 0.481. The fraction of sp³-hybridized carbons (Fsp3) is 0.455. The van der Waals surface area contributed by atoms with Crippen molar-refractivity contribution in [2.75, 3.05) is 29.6 Å². The number of aromatic nitrogens is 2. The van der Waals surface area contributed by atoms with E-state index in [4.69, 9.17) is 15.3 Å². The molecule has 2 heterocycles. The fourth-order valence-electron chi connectivity index (χ4n) is 3.50. The third-order valence-electron chi connectivity index (χ3n) is 5.01. The number of alkyl carbamates (subject to hydrolysis) is 1. The molecule has 1 aromatic heterocycles. The predicted octanol–water partition coefficient (Wildman–Crippen LogP) is 2.85. The molecule has 1 fully saturated rings. The van der Waals surface area contributed by atoms with Gasteiger partial charge >= 0.3 is 6.09 Å². The van der Waals surface area contributed by atoms with Crippen LogP contribution in [0.5, 0.6) is 0 Å². The molecule has 2 aromatic rings. The molecule has 184 valence electrons. The van der Waals surface area contributed by atoms with E-state index < -0.39 is 27.3 Å². The number of amides is 2. The number of nitrogens with one attached hydrogen (secondary N) is 3. The van der Waals surface area contributed by atoms with Crippen molar-refractivity contribution in [1.29, 1.82) is 4.78 Å². The van der Waals surface area contributed by atoms with Gasteiger partial charge in [0.15, 0.2) is 0 Å². The van der Waals surface area contributed by atoms with Crippen molar-refractivity contribution >= 4 is 39.2 Å². The molecule has 0 spiro atoms. The zero-order valence-corrected chi connectivity index (χ0v) is 20.6. The molecule has 2 atom stereocenters. The normalized spacial score (nSPS) is 18.0. The highest BCUT2D eigenvalue weighted by Crippen LogP contribution is 2.24. The van der Waals surface area contributed by atoms with Crippen molar-refractivity contribution < 1.29 is 18.5 Å². The molecule has 11 nitrogen and oxygen atoms in total. The van der Waals surface area contributed by atoms with E-state index in [-0.39, 0.29) is 17.4 Å². The zero-order chi connectivity index (χ0) is 25.1. The van der Waals surface area contributed by atoms with E-state index in [0.717, 1.165) is 12.8 Å². The number of nitrogens with zero attached hydrogens (tertiary/aromatic N) is 3. The molecule has 5 N–H and O–H groups in total. The minimum atomic E-state index is -2.91. The van der Waals surface area contributed by atoms with Gasteiger partial charge in [-0.25, -0.2) is 18.8 Å². The first kappa shape index (κ1) is 25.2. The van der Waals surface area contributed by atoms with Crippen molar-refractivity contribution in [1.82, 2.24) is 15.3 Å². The van der Waals surface area contributed by atoms with Crippen LogP contribution in [0.25, 0.3) is 0 Å². The lowest BCUT2D eigenvalue weighted by molar-refractivity contribution is 0.0499. The first-order chi connectivity index (χ1) is 15.8. The standard InChI is InChI=1S/C22H31N7O4S/c1-22(2,3)33-21(31)27-15-8-6-10-29(13-15)20-25-12-17(18(23)30)19(28-20)26-14-7-5-9-16(11-14)34(4,24)32/h5,7,9,11-12,15,24H,6,8,10,13H2,1-4H3,(H2,23,30)(H,27,31)(H,25,26,28)/t15-,34?/m0/s1. The van der Waals surface area contributed by atoms with E-state index >= 15 is 0 Å². The predicted molar refractivity (Wildman–Crippen MR) is 130 cm³/mol. The van der Waals surface area contributed by atoms with E-state index in [9.17, 15) is 13.8 Å². The molecule has 0 aliphatic carbocycles. The molecule has 0 radical (unpaired) electrons. The van der Waals surface area contributed by atoms with Crippen LogP contribution < -0.4 is 21.3 Å². The number of hydrogen-bond acceptors (Lipinski definition) is 9. The van der Waals surface area contributed by atoms with Gasteiger partial charge in [0.25, 0.3) is 5.91 Å². The van der Waals surface area contributed by atoms with Crippen LogP contribution in [-0.4, -0.2) is 57.2 Å². The average Bonchev–Trinajstić information content (AvgIpc) is 2.72. The molecule has 1 aliphatic rings. The summed E-state index contributed by atoms with van der Waals surface area (Å²) in [7, 11) is -2.91. The van der Waals surface area contributed by atoms with Crippen molar-refractivity contribution in [3.8, 4) is 0 Å². The first-order valence-corrected chi connectivity index (χ1v) is 12.8. The Morgan fingerprint density at radius 2 is 2.06 bits per heavy atom. The second-order valence-corrected chi connectivity index (χ2v) is 11.4. The van der Waals surface area contributed by atoms with Crippen molar-refractivity contribution in [2.24, 2.45) is 5.73 Å². The number of piperidine rings is 1. The summed E-state index contributed by atoms with van der Waals surface area (Å²) >= 11 is 0. The summed E-state index contributed by atoms with van der Waals surface area (Å²) in [4.78, 5) is 35.2. The molecular formula is C22H31N7O4S. The van der Waals surface area contributed by atoms with E-state index in [0.29, 0.717) is 29.6 Å². The van der Waals surface area contributed by atoms with Gasteiger partial charge in [-0.2, -0.15) is 4.98 Å². The largest absolute Gasteiger partial charge is 0.444 e. The van der Waals surface area contributed by atoms with Crippen molar-refractivity contribution in [3.05, 3.63) is 36.0 Å². The van der Waals surface area contributed by atoms with Crippen molar-refractivity contribution in [3.63, 3.8) is 0 Å². The summed E-state index contributed by atoms with van der Waals surface area (Å²) in [5, 5.41) is 5.92. The third kappa shape index (κ3) is 6.80. The average molecular weight is 490 g/mol. The summed E-state index contributed by atoms with van der Waals surface area (Å²) in [6.07, 6.45) is 3.81. The molecule has 3 rings (SSSR count). The molecule has 2 amide bonds. The monoisotopic (exact) mass is 489 g/mol. The number of anilines is 3. The highest BCUT2D eigenvalue weighted by molar-refractivity contribution is 7.91. The van der Waals surface area contributed by atoms with Gasteiger partial charge in [-0.05, 0) is 51.8 Å². The van der Waals surface area contributed by atoms with Crippen LogP contribution in [0.3, 0.4) is 0 Å². The van der Waals surface area contributed by atoms with Crippen LogP contribution in [-0.2, 0) is 14.5 Å². The van der Waals surface area contributed by atoms with Crippen LogP contribution in [0.1, 0.15) is 44.0 Å². The lowest BCUT2D eigenvalue weighted by Crippen LogP contribution is -2.49. The SMILES string of the molecule is CC(C)(C)OC(=O)N[C@H]1CCCN(c2ncc(C(N)=O)c(Nc3cccc(S(C)(=N)=O)c3)n2)C1. The Morgan fingerprint density at radius 3 is 2.71 bits per heavy atom. The van der Waals surface area contributed by atoms with E-state index in [2.05, 4.69) is 20.6 Å². The van der Waals surface area contributed by atoms with Crippen LogP contribution in [0, 0.1) is 4.78 Å². The van der Waals surface area contributed by atoms with E-state index in [1.54, 1.807) is 45.0 Å². The lowest BCUT2D eigenvalue weighted by atomic mass is 10.1. The number of carbonyl (C=O) groups excluding carboxylic acids is 2. The third-order valence-corrected chi connectivity index (χ3v) is 6.17. The minimum absolute atomic E-state index is 0.0951. The smallest absolute Gasteiger partial charge is 0.407 e. The molecular weight excluding hydrogens is 458 g/mol. The number of carbonyl (C=O) groups is 2. The number of ether oxygens (including phenoxy) is 1. The highest BCUT2D eigenvalue weighted by Gasteiger charge is 2.26. The van der Waals surface area contributed by atoms with Gasteiger partial charge in [-0.1, -0.05) is 6.07 Å². The Balaban J connectivity index is 1.82. The maximum absolute atomic E-state index is 12.2. The Hall–Kier alpha value is -3.41. The number of rotatable bonds is 6. The molecule has 1 unspecified atom stereocenters. The summed E-state index contributed by atoms with van der Waals surface area (Å²) < 4.78 is 25.3. The second kappa shape index (κ2) is 9.84. The highest BCUT2D eigenvalue weighted by atomic mass is 32.2. The topological polar surface area (TPSA) is 163 Å². The van der Waals surface area contributed by atoms with Gasteiger partial charge in [0, 0.05) is 42.2 Å². The molecule has 1 aromatic carbocycles. The number of nitrogens with two attached hydrogens (primary N) is 1. The van der Waals surface area contributed by atoms with Crippen molar-refractivity contribution in [2.45, 2.75) is 50.2 Å². The molecule has 0 saturated carbocycles. The summed E-state index contributed by atoms with van der Waals surface area (Å²) in [6.45, 7) is 6.57. The molecule has 1 aliphatic heterocycles. The Morgan fingerprint density at radius 1 is 1.32 bits per heavy atom. The van der Waals surface area contributed by atoms with E-state index in [1.165, 1.54) is 12.5 Å². The first-order valence-electron chi connectivity index (χ1n) is 10.8. The second-order valence-electron chi connectivity index (χ2n) is 9.22. The molecule has 34 heavy (non-hydrogen) atoms. The minimum Gasteiger partial charge on any atom is -0.444 e. The summed E-state index contributed by atoms with van der Waals surface area (Å²) in [6, 6.07) is 6.41. The van der Waals surface area contributed by atoms with Crippen LogP contribution >= 0.6 is 0 Å². The maximum atomic E-state index is 12.2. The van der Waals surface area contributed by atoms with Gasteiger partial charge < -0.3 is 26.0 Å². The Kier molecular flexibility index (Phi) is 7.29. The Labute approximate surface area is 199 Å². The van der Waals surface area contributed by atoms with Crippen LogP contribution in [0.4, 0.5) is 22.2 Å². The van der Waals surface area contributed by atoms with Gasteiger partial charge in [-0.3, -0.25) is 4.79 Å². The molecule has 0 bridgehead atoms. The summed E-state index contributed by atoms with van der Waals surface area (Å²) in [5.74, 6) is -0.128. The molecule has 12 heteroatoms. The number of benzene rings is 1. The van der Waals surface area contributed by atoms with Crippen LogP contribution in [0.15, 0.2) is 35.4 Å². The zero-order valence-electron chi connectivity index (χ0n) is 19.8. The number of hydrogen-bond donors (Lipinski definition) is 4. The number of primary amides is 1. The van der Waals surface area contributed by atoms with Gasteiger partial charge in [0.1, 0.15) is 17.0 Å². The van der Waals surface area contributed by atoms with Gasteiger partial charge in [0.2, 0.25) is 5.95 Å². The van der Waals surface area contributed by atoms with Gasteiger partial charge in [0.05, 0.1) is 9.73 Å². The maximum Gasteiger partial charge on any atom is 0.407 e. The lowest BCUT2D eigenvalue weighted by Gasteiger charge is -2.33. The summed E-state index contributed by atoms with van der Waals surface area (Å²) in [5.41, 5.74) is 5.53. The van der Waals surface area contributed by atoms with Gasteiger partial charge in [-0.15, -0.1) is 0 Å². The van der Waals surface area contributed by atoms with Crippen LogP contribution in [0.2, 0.25) is 0 Å². The Bertz CT molecular complexity index is 1180. The fourth-order valence-corrected chi connectivity index (χ4v) is 4.19. The molecule has 1 saturated heterocycles.